The lowest BCUT2D eigenvalue weighted by Crippen LogP contribution is -2.41. The lowest BCUT2D eigenvalue weighted by molar-refractivity contribution is -0.385. The number of amides is 1. The number of carbonyl (C=O) groups is 1. The maximum atomic E-state index is 12.2. The lowest BCUT2D eigenvalue weighted by atomic mass is 10.1. The molecule has 8 heteroatoms. The molecule has 0 saturated carbocycles. The number of rotatable bonds is 3. The minimum atomic E-state index is -0.734. The van der Waals surface area contributed by atoms with Gasteiger partial charge in [-0.05, 0) is 17.7 Å². The Bertz CT molecular complexity index is 672. The molecule has 1 aromatic rings. The van der Waals surface area contributed by atoms with Crippen LogP contribution < -0.4 is 0 Å². The van der Waals surface area contributed by atoms with Crippen molar-refractivity contribution in [3.63, 3.8) is 0 Å². The van der Waals surface area contributed by atoms with Gasteiger partial charge in [-0.25, -0.2) is 0 Å². The van der Waals surface area contributed by atoms with Gasteiger partial charge in [-0.15, -0.1) is 0 Å². The first-order valence-electron chi connectivity index (χ1n) is 6.49. The van der Waals surface area contributed by atoms with Crippen LogP contribution in [-0.2, 0) is 9.53 Å². The predicted molar refractivity (Wildman–Crippen MR) is 75.8 cm³/mol. The Morgan fingerprint density at radius 3 is 2.73 bits per heavy atom. The molecule has 8 nitrogen and oxygen atoms in total. The van der Waals surface area contributed by atoms with Crippen LogP contribution in [0.1, 0.15) is 5.56 Å². The highest BCUT2D eigenvalue weighted by molar-refractivity contribution is 6.01. The number of morpholine rings is 1. The second-order valence-corrected chi connectivity index (χ2v) is 4.58. The van der Waals surface area contributed by atoms with Crippen molar-refractivity contribution in [2.45, 2.75) is 0 Å². The minimum absolute atomic E-state index is 0.123. The molecule has 1 aliphatic rings. The standard InChI is InChI=1S/C14H13N3O5/c15-9-11(14(19)16-3-5-22-6-4-16)7-10-1-2-13(18)12(8-10)17(20)21/h1-2,7-8,18H,3-6H2. The van der Waals surface area contributed by atoms with Gasteiger partial charge in [-0.3, -0.25) is 14.9 Å². The summed E-state index contributed by atoms with van der Waals surface area (Å²) in [5, 5.41) is 29.3. The molecule has 1 aliphatic heterocycles. The van der Waals surface area contributed by atoms with E-state index < -0.39 is 22.3 Å². The number of nitriles is 1. The molecular weight excluding hydrogens is 290 g/mol. The van der Waals surface area contributed by atoms with Gasteiger partial charge in [0, 0.05) is 19.2 Å². The number of carbonyl (C=O) groups excluding carboxylic acids is 1. The van der Waals surface area contributed by atoms with Crippen molar-refractivity contribution in [2.75, 3.05) is 26.3 Å². The van der Waals surface area contributed by atoms with Crippen molar-refractivity contribution < 1.29 is 19.6 Å². The first-order valence-corrected chi connectivity index (χ1v) is 6.49. The molecule has 0 spiro atoms. The summed E-state index contributed by atoms with van der Waals surface area (Å²) in [6, 6.07) is 5.46. The summed E-state index contributed by atoms with van der Waals surface area (Å²) in [7, 11) is 0. The largest absolute Gasteiger partial charge is 0.502 e. The van der Waals surface area contributed by atoms with Crippen molar-refractivity contribution in [3.8, 4) is 11.8 Å². The number of hydrogen-bond acceptors (Lipinski definition) is 6. The number of phenolic OH excluding ortho intramolecular Hbond substituents is 1. The van der Waals surface area contributed by atoms with Crippen LogP contribution in [0.15, 0.2) is 23.8 Å². The van der Waals surface area contributed by atoms with E-state index in [4.69, 9.17) is 10.00 Å². The fraction of sp³-hybridized carbons (Fsp3) is 0.286. The van der Waals surface area contributed by atoms with Crippen molar-refractivity contribution >= 4 is 17.7 Å². The molecule has 1 fully saturated rings. The molecular formula is C14H13N3O5. The molecule has 22 heavy (non-hydrogen) atoms. The highest BCUT2D eigenvalue weighted by Crippen LogP contribution is 2.27. The smallest absolute Gasteiger partial charge is 0.311 e. The molecule has 1 amide bonds. The summed E-state index contributed by atoms with van der Waals surface area (Å²) in [4.78, 5) is 23.8. The van der Waals surface area contributed by atoms with Crippen molar-refractivity contribution in [1.29, 1.82) is 5.26 Å². The highest BCUT2D eigenvalue weighted by Gasteiger charge is 2.21. The molecule has 0 aliphatic carbocycles. The zero-order valence-electron chi connectivity index (χ0n) is 11.6. The van der Waals surface area contributed by atoms with Crippen LogP contribution in [0, 0.1) is 21.4 Å². The minimum Gasteiger partial charge on any atom is -0.502 e. The van der Waals surface area contributed by atoms with E-state index in [9.17, 15) is 20.0 Å². The normalized spacial score (nSPS) is 15.2. The molecule has 2 rings (SSSR count). The monoisotopic (exact) mass is 303 g/mol. The number of phenols is 1. The van der Waals surface area contributed by atoms with Crippen LogP contribution in [-0.4, -0.2) is 47.1 Å². The van der Waals surface area contributed by atoms with E-state index in [1.807, 2.05) is 6.07 Å². The zero-order valence-corrected chi connectivity index (χ0v) is 11.6. The highest BCUT2D eigenvalue weighted by atomic mass is 16.6. The van der Waals surface area contributed by atoms with E-state index in [1.165, 1.54) is 17.0 Å². The van der Waals surface area contributed by atoms with E-state index >= 15 is 0 Å². The van der Waals surface area contributed by atoms with Crippen molar-refractivity contribution in [1.82, 2.24) is 4.90 Å². The second-order valence-electron chi connectivity index (χ2n) is 4.58. The Morgan fingerprint density at radius 2 is 2.14 bits per heavy atom. The molecule has 114 valence electrons. The SMILES string of the molecule is N#CC(=Cc1ccc(O)c([N+](=O)[O-])c1)C(=O)N1CCOCC1. The van der Waals surface area contributed by atoms with Gasteiger partial charge in [0.1, 0.15) is 11.6 Å². The fourth-order valence-corrected chi connectivity index (χ4v) is 2.02. The molecule has 0 bridgehead atoms. The van der Waals surface area contributed by atoms with E-state index in [0.29, 0.717) is 31.9 Å². The maximum absolute atomic E-state index is 12.2. The third-order valence-electron chi connectivity index (χ3n) is 3.16. The van der Waals surface area contributed by atoms with Gasteiger partial charge in [0.25, 0.3) is 5.91 Å². The van der Waals surface area contributed by atoms with Crippen molar-refractivity contribution in [3.05, 3.63) is 39.4 Å². The Balaban J connectivity index is 2.29. The number of nitro benzene ring substituents is 1. The summed E-state index contributed by atoms with van der Waals surface area (Å²) in [6.45, 7) is 1.62. The first-order chi connectivity index (χ1) is 10.5. The van der Waals surface area contributed by atoms with E-state index in [-0.39, 0.29) is 5.57 Å². The number of nitrogens with zero attached hydrogens (tertiary/aromatic N) is 3. The Kier molecular flexibility index (Phi) is 4.70. The van der Waals surface area contributed by atoms with Crippen LogP contribution in [0.3, 0.4) is 0 Å². The number of nitro groups is 1. The van der Waals surface area contributed by atoms with Gasteiger partial charge in [-0.1, -0.05) is 6.07 Å². The summed E-state index contributed by atoms with van der Waals surface area (Å²) < 4.78 is 5.14. The van der Waals surface area contributed by atoms with Crippen LogP contribution in [0.2, 0.25) is 0 Å². The van der Waals surface area contributed by atoms with Crippen LogP contribution in [0.25, 0.3) is 6.08 Å². The number of aromatic hydroxyl groups is 1. The molecule has 0 radical (unpaired) electrons. The summed E-state index contributed by atoms with van der Waals surface area (Å²) in [6.07, 6.45) is 1.27. The lowest BCUT2D eigenvalue weighted by Gasteiger charge is -2.26. The van der Waals surface area contributed by atoms with E-state index in [2.05, 4.69) is 0 Å². The maximum Gasteiger partial charge on any atom is 0.311 e. The van der Waals surface area contributed by atoms with E-state index in [1.54, 1.807) is 0 Å². The van der Waals surface area contributed by atoms with E-state index in [0.717, 1.165) is 12.1 Å². The average molecular weight is 303 g/mol. The van der Waals surface area contributed by atoms with Gasteiger partial charge in [0.15, 0.2) is 5.75 Å². The summed E-state index contributed by atoms with van der Waals surface area (Å²) in [5.41, 5.74) is -0.311. The van der Waals surface area contributed by atoms with Crippen molar-refractivity contribution in [2.24, 2.45) is 0 Å². The molecule has 1 N–H and O–H groups in total. The third-order valence-corrected chi connectivity index (χ3v) is 3.16. The predicted octanol–water partition coefficient (Wildman–Crippen LogP) is 1.07. The number of benzene rings is 1. The van der Waals surface area contributed by atoms with Crippen LogP contribution in [0.5, 0.6) is 5.75 Å². The van der Waals surface area contributed by atoms with Gasteiger partial charge in [-0.2, -0.15) is 5.26 Å². The topological polar surface area (TPSA) is 117 Å². The molecule has 1 aromatic carbocycles. The van der Waals surface area contributed by atoms with Crippen LogP contribution >= 0.6 is 0 Å². The Morgan fingerprint density at radius 1 is 1.45 bits per heavy atom. The first kappa shape index (κ1) is 15.5. The van der Waals surface area contributed by atoms with Gasteiger partial charge < -0.3 is 14.7 Å². The summed E-state index contributed by atoms with van der Waals surface area (Å²) in [5.74, 6) is -0.915. The molecule has 0 unspecified atom stereocenters. The number of hydrogen-bond donors (Lipinski definition) is 1. The quantitative estimate of drug-likeness (QED) is 0.386. The summed E-state index contributed by atoms with van der Waals surface area (Å²) >= 11 is 0. The Labute approximate surface area is 126 Å². The van der Waals surface area contributed by atoms with Crippen LogP contribution in [0.4, 0.5) is 5.69 Å². The second kappa shape index (κ2) is 6.69. The van der Waals surface area contributed by atoms with Gasteiger partial charge in [0.05, 0.1) is 18.1 Å². The van der Waals surface area contributed by atoms with Gasteiger partial charge in [0.2, 0.25) is 0 Å². The van der Waals surface area contributed by atoms with Gasteiger partial charge >= 0.3 is 5.69 Å². The average Bonchev–Trinajstić information content (AvgIpc) is 2.54. The molecule has 1 saturated heterocycles. The third kappa shape index (κ3) is 3.39. The zero-order chi connectivity index (χ0) is 16.1. The number of ether oxygens (including phenoxy) is 1. The fourth-order valence-electron chi connectivity index (χ4n) is 2.02. The molecule has 0 atom stereocenters. The Hall–Kier alpha value is -2.92. The molecule has 1 heterocycles. The molecule has 0 aromatic heterocycles.